The lowest BCUT2D eigenvalue weighted by Crippen LogP contribution is -2.23. The Morgan fingerprint density at radius 3 is 2.60 bits per heavy atom. The fraction of sp³-hybridized carbons (Fsp3) is 0.0455. The summed E-state index contributed by atoms with van der Waals surface area (Å²) in [4.78, 5) is 29.3. The maximum Gasteiger partial charge on any atom is 0.291 e. The molecule has 2 aromatic carbocycles. The van der Waals surface area contributed by atoms with Crippen molar-refractivity contribution in [3.63, 3.8) is 0 Å². The Morgan fingerprint density at radius 2 is 1.83 bits per heavy atom. The largest absolute Gasteiger partial charge is 0.444 e. The molecule has 4 rings (SSSR count). The molecule has 2 heterocycles. The molecule has 0 bridgehead atoms. The zero-order chi connectivity index (χ0) is 20.9. The monoisotopic (exact) mass is 481 g/mol. The van der Waals surface area contributed by atoms with Gasteiger partial charge in [-0.2, -0.15) is 0 Å². The van der Waals surface area contributed by atoms with Gasteiger partial charge in [0.15, 0.2) is 10.4 Å². The summed E-state index contributed by atoms with van der Waals surface area (Å²) in [6.07, 6.45) is 0. The Kier molecular flexibility index (Phi) is 6.06. The highest BCUT2D eigenvalue weighted by molar-refractivity contribution is 9.10. The number of halogens is 1. The molecule has 6 nitrogen and oxygen atoms in total. The molecule has 0 spiro atoms. The number of thiazole rings is 1. The molecule has 150 valence electrons. The Balaban J connectivity index is 1.38. The summed E-state index contributed by atoms with van der Waals surface area (Å²) in [6.45, 7) is 0.327. The van der Waals surface area contributed by atoms with Gasteiger partial charge in [-0.15, -0.1) is 11.3 Å². The first-order valence-corrected chi connectivity index (χ1v) is 10.7. The first-order chi connectivity index (χ1) is 14.6. The van der Waals surface area contributed by atoms with E-state index in [0.29, 0.717) is 22.5 Å². The average molecular weight is 482 g/mol. The molecule has 0 saturated heterocycles. The molecule has 4 aromatic rings. The fourth-order valence-corrected chi connectivity index (χ4v) is 3.81. The van der Waals surface area contributed by atoms with E-state index in [4.69, 9.17) is 4.42 Å². The van der Waals surface area contributed by atoms with Crippen molar-refractivity contribution < 1.29 is 14.0 Å². The first-order valence-electron chi connectivity index (χ1n) is 9.03. The average Bonchev–Trinajstić information content (AvgIpc) is 3.42. The van der Waals surface area contributed by atoms with E-state index >= 15 is 0 Å². The van der Waals surface area contributed by atoms with E-state index in [1.54, 1.807) is 36.4 Å². The van der Waals surface area contributed by atoms with Crippen LogP contribution in [0.2, 0.25) is 0 Å². The lowest BCUT2D eigenvalue weighted by atomic mass is 10.2. The van der Waals surface area contributed by atoms with Crippen LogP contribution in [0.15, 0.2) is 81.2 Å². The fourth-order valence-electron chi connectivity index (χ4n) is 2.76. The van der Waals surface area contributed by atoms with Crippen LogP contribution in [-0.2, 0) is 6.54 Å². The minimum atomic E-state index is -0.394. The van der Waals surface area contributed by atoms with Crippen molar-refractivity contribution in [2.75, 3.05) is 5.32 Å². The van der Waals surface area contributed by atoms with Crippen molar-refractivity contribution in [1.29, 1.82) is 0 Å². The normalized spacial score (nSPS) is 10.6. The van der Waals surface area contributed by atoms with E-state index in [0.717, 1.165) is 16.3 Å². The highest BCUT2D eigenvalue weighted by Crippen LogP contribution is 2.21. The molecule has 0 radical (unpaired) electrons. The number of amides is 2. The van der Waals surface area contributed by atoms with Gasteiger partial charge < -0.3 is 15.1 Å². The number of benzene rings is 2. The molecule has 0 saturated carbocycles. The second-order valence-corrected chi connectivity index (χ2v) is 8.04. The highest BCUT2D eigenvalue weighted by atomic mass is 79.9. The molecular formula is C22H16BrN3O3S. The van der Waals surface area contributed by atoms with E-state index < -0.39 is 5.91 Å². The number of aromatic nitrogens is 1. The van der Waals surface area contributed by atoms with E-state index in [9.17, 15) is 9.59 Å². The predicted molar refractivity (Wildman–Crippen MR) is 120 cm³/mol. The van der Waals surface area contributed by atoms with Gasteiger partial charge in [0, 0.05) is 22.2 Å². The summed E-state index contributed by atoms with van der Waals surface area (Å²) in [5.41, 5.74) is 2.87. The summed E-state index contributed by atoms with van der Waals surface area (Å²) in [6, 6.07) is 19.8. The molecule has 0 atom stereocenters. The van der Waals surface area contributed by atoms with Gasteiger partial charge in [-0.05, 0) is 46.3 Å². The molecule has 2 amide bonds. The number of nitrogens with zero attached hydrogens (tertiary/aromatic N) is 1. The quantitative estimate of drug-likeness (QED) is 0.388. The lowest BCUT2D eigenvalue weighted by molar-refractivity contribution is 0.0949. The second kappa shape index (κ2) is 9.06. The number of anilines is 1. The standard InChI is InChI=1S/C22H16BrN3O3S/c23-19-10-9-18(29-19)22(28)25-16-8-4-7-15(11-16)21(27)24-12-20-26-17(13-30-20)14-5-2-1-3-6-14/h1-11,13H,12H2,(H,24,27)(H,25,28). The highest BCUT2D eigenvalue weighted by Gasteiger charge is 2.13. The third kappa shape index (κ3) is 4.84. The van der Waals surface area contributed by atoms with Crippen LogP contribution in [0.1, 0.15) is 25.9 Å². The maximum absolute atomic E-state index is 12.5. The van der Waals surface area contributed by atoms with E-state index in [-0.39, 0.29) is 11.7 Å². The molecule has 30 heavy (non-hydrogen) atoms. The van der Waals surface area contributed by atoms with Gasteiger partial charge in [0.05, 0.1) is 12.2 Å². The molecular weight excluding hydrogens is 466 g/mol. The molecule has 0 aliphatic carbocycles. The number of hydrogen-bond donors (Lipinski definition) is 2. The minimum absolute atomic E-state index is 0.176. The van der Waals surface area contributed by atoms with Crippen molar-refractivity contribution in [2.45, 2.75) is 6.54 Å². The first kappa shape index (κ1) is 20.1. The summed E-state index contributed by atoms with van der Waals surface area (Å²) in [7, 11) is 0. The Labute approximate surface area is 185 Å². The van der Waals surface area contributed by atoms with Gasteiger partial charge >= 0.3 is 0 Å². The van der Waals surface area contributed by atoms with Crippen LogP contribution in [0.5, 0.6) is 0 Å². The lowest BCUT2D eigenvalue weighted by Gasteiger charge is -2.07. The SMILES string of the molecule is O=C(NCc1nc(-c2ccccc2)cs1)c1cccc(NC(=O)c2ccc(Br)o2)c1. The van der Waals surface area contributed by atoms with Gasteiger partial charge in [0.25, 0.3) is 11.8 Å². The third-order valence-corrected chi connectivity index (χ3v) is 5.48. The smallest absolute Gasteiger partial charge is 0.291 e. The zero-order valence-corrected chi connectivity index (χ0v) is 18.0. The van der Waals surface area contributed by atoms with Crippen LogP contribution >= 0.6 is 27.3 Å². The van der Waals surface area contributed by atoms with Crippen molar-refractivity contribution in [2.24, 2.45) is 0 Å². The molecule has 2 aromatic heterocycles. The maximum atomic E-state index is 12.5. The summed E-state index contributed by atoms with van der Waals surface area (Å²) in [5, 5.41) is 8.37. The molecule has 0 aliphatic rings. The van der Waals surface area contributed by atoms with Crippen molar-refractivity contribution >= 4 is 44.8 Å². The number of carbonyl (C=O) groups excluding carboxylic acids is 2. The van der Waals surface area contributed by atoms with Crippen LogP contribution in [0.3, 0.4) is 0 Å². The Bertz CT molecular complexity index is 1190. The molecule has 2 N–H and O–H groups in total. The Morgan fingerprint density at radius 1 is 1.00 bits per heavy atom. The number of hydrogen-bond acceptors (Lipinski definition) is 5. The number of furan rings is 1. The number of nitrogens with one attached hydrogen (secondary N) is 2. The number of rotatable bonds is 6. The minimum Gasteiger partial charge on any atom is -0.444 e. The second-order valence-electron chi connectivity index (χ2n) is 6.31. The Hall–Kier alpha value is -3.23. The van der Waals surface area contributed by atoms with Gasteiger partial charge in [-0.3, -0.25) is 9.59 Å². The zero-order valence-electron chi connectivity index (χ0n) is 15.6. The topological polar surface area (TPSA) is 84.2 Å². The van der Waals surface area contributed by atoms with Gasteiger partial charge in [0.1, 0.15) is 5.01 Å². The summed E-state index contributed by atoms with van der Waals surface area (Å²) >= 11 is 4.66. The van der Waals surface area contributed by atoms with Crippen molar-refractivity contribution in [1.82, 2.24) is 10.3 Å². The van der Waals surface area contributed by atoms with Crippen LogP contribution in [0, 0.1) is 0 Å². The molecule has 8 heteroatoms. The van der Waals surface area contributed by atoms with Crippen LogP contribution in [-0.4, -0.2) is 16.8 Å². The van der Waals surface area contributed by atoms with Gasteiger partial charge in [-0.25, -0.2) is 4.98 Å². The molecule has 0 unspecified atom stereocenters. The molecule has 0 fully saturated rings. The predicted octanol–water partition coefficient (Wildman–Crippen LogP) is 5.35. The molecule has 0 aliphatic heterocycles. The van der Waals surface area contributed by atoms with E-state index in [1.165, 1.54) is 11.3 Å². The number of carbonyl (C=O) groups is 2. The van der Waals surface area contributed by atoms with Crippen LogP contribution < -0.4 is 10.6 Å². The van der Waals surface area contributed by atoms with Crippen molar-refractivity contribution in [3.8, 4) is 11.3 Å². The van der Waals surface area contributed by atoms with E-state index in [2.05, 4.69) is 31.5 Å². The van der Waals surface area contributed by atoms with Crippen molar-refractivity contribution in [3.05, 3.63) is 93.1 Å². The van der Waals surface area contributed by atoms with Crippen LogP contribution in [0.4, 0.5) is 5.69 Å². The summed E-state index contributed by atoms with van der Waals surface area (Å²) < 4.78 is 5.71. The van der Waals surface area contributed by atoms with Crippen LogP contribution in [0.25, 0.3) is 11.3 Å². The van der Waals surface area contributed by atoms with E-state index in [1.807, 2.05) is 35.7 Å². The summed E-state index contributed by atoms with van der Waals surface area (Å²) in [5.74, 6) is -0.465. The third-order valence-electron chi connectivity index (χ3n) is 4.20. The van der Waals surface area contributed by atoms with Gasteiger partial charge in [-0.1, -0.05) is 36.4 Å². The van der Waals surface area contributed by atoms with Gasteiger partial charge in [0.2, 0.25) is 0 Å².